The van der Waals surface area contributed by atoms with Crippen LogP contribution in [0.3, 0.4) is 0 Å². The van der Waals surface area contributed by atoms with Gasteiger partial charge in [0.25, 0.3) is 0 Å². The summed E-state index contributed by atoms with van der Waals surface area (Å²) in [5.41, 5.74) is 2.50. The number of benzene rings is 1. The molecule has 2 fully saturated rings. The lowest BCUT2D eigenvalue weighted by Crippen LogP contribution is -2.49. The number of allylic oxidation sites excluding steroid dienone is 4. The van der Waals surface area contributed by atoms with E-state index in [2.05, 4.69) is 41.4 Å². The number of thiazole rings is 1. The molecular formula is C21H16N2O2S. The van der Waals surface area contributed by atoms with Gasteiger partial charge in [-0.05, 0) is 23.0 Å². The van der Waals surface area contributed by atoms with Crippen molar-refractivity contribution in [3.63, 3.8) is 0 Å². The third-order valence-electron chi connectivity index (χ3n) is 6.55. The first-order valence-electron chi connectivity index (χ1n) is 8.98. The molecule has 128 valence electrons. The monoisotopic (exact) mass is 360 g/mol. The first kappa shape index (κ1) is 14.6. The van der Waals surface area contributed by atoms with Gasteiger partial charge in [-0.1, -0.05) is 48.6 Å². The Hall–Kier alpha value is -2.53. The Morgan fingerprint density at radius 1 is 0.846 bits per heavy atom. The van der Waals surface area contributed by atoms with E-state index in [1.54, 1.807) is 6.20 Å². The standard InChI is InChI=1S/C21H16N2O2S/c24-19-17-15-11-5-1-2-6-12(11)16(14-8-4-3-7-13(14)15)18(17)20(25)23(19)21-22-9-10-26-21/h1-12,15-18H/t11-,12-,15-,16-,17-,18+/m1/s1. The number of imide groups is 1. The van der Waals surface area contributed by atoms with Gasteiger partial charge in [-0.3, -0.25) is 9.59 Å². The Morgan fingerprint density at radius 2 is 1.42 bits per heavy atom. The van der Waals surface area contributed by atoms with Gasteiger partial charge in [0.2, 0.25) is 11.8 Å². The van der Waals surface area contributed by atoms with Gasteiger partial charge in [-0.2, -0.15) is 0 Å². The van der Waals surface area contributed by atoms with Crippen molar-refractivity contribution >= 4 is 28.3 Å². The number of aromatic nitrogens is 1. The molecule has 4 nitrogen and oxygen atoms in total. The molecule has 2 heterocycles. The van der Waals surface area contributed by atoms with Crippen molar-refractivity contribution in [1.82, 2.24) is 4.98 Å². The van der Waals surface area contributed by atoms with Crippen LogP contribution in [0, 0.1) is 23.7 Å². The summed E-state index contributed by atoms with van der Waals surface area (Å²) in [7, 11) is 0. The molecule has 5 aliphatic rings. The van der Waals surface area contributed by atoms with E-state index >= 15 is 0 Å². The van der Waals surface area contributed by atoms with Crippen LogP contribution in [0.5, 0.6) is 0 Å². The summed E-state index contributed by atoms with van der Waals surface area (Å²) < 4.78 is 0. The van der Waals surface area contributed by atoms with Crippen LogP contribution in [-0.2, 0) is 9.59 Å². The second-order valence-electron chi connectivity index (χ2n) is 7.48. The zero-order valence-corrected chi connectivity index (χ0v) is 14.7. The highest BCUT2D eigenvalue weighted by Crippen LogP contribution is 2.64. The van der Waals surface area contributed by atoms with E-state index in [0.717, 1.165) is 0 Å². The average molecular weight is 360 g/mol. The molecule has 0 spiro atoms. The highest BCUT2D eigenvalue weighted by Gasteiger charge is 2.65. The quantitative estimate of drug-likeness (QED) is 0.732. The number of amides is 2. The minimum absolute atomic E-state index is 0.0637. The summed E-state index contributed by atoms with van der Waals surface area (Å²) in [4.78, 5) is 32.3. The predicted molar refractivity (Wildman–Crippen MR) is 98.8 cm³/mol. The van der Waals surface area contributed by atoms with Crippen LogP contribution >= 0.6 is 11.3 Å². The number of rotatable bonds is 1. The molecule has 7 rings (SSSR count). The molecule has 1 saturated heterocycles. The summed E-state index contributed by atoms with van der Waals surface area (Å²) in [5, 5.41) is 2.32. The van der Waals surface area contributed by atoms with Crippen LogP contribution < -0.4 is 4.90 Å². The van der Waals surface area contributed by atoms with Crippen molar-refractivity contribution in [3.05, 3.63) is 71.3 Å². The second-order valence-corrected chi connectivity index (χ2v) is 8.36. The lowest BCUT2D eigenvalue weighted by atomic mass is 9.48. The topological polar surface area (TPSA) is 50.3 Å². The van der Waals surface area contributed by atoms with Gasteiger partial charge in [0.05, 0.1) is 11.8 Å². The van der Waals surface area contributed by atoms with Crippen molar-refractivity contribution < 1.29 is 9.59 Å². The molecule has 0 unspecified atom stereocenters. The maximum atomic E-state index is 13.4. The van der Waals surface area contributed by atoms with Crippen LogP contribution in [0.25, 0.3) is 0 Å². The van der Waals surface area contributed by atoms with Crippen molar-refractivity contribution in [2.75, 3.05) is 4.90 Å². The number of carbonyl (C=O) groups is 2. The summed E-state index contributed by atoms with van der Waals surface area (Å²) in [6.07, 6.45) is 10.3. The highest BCUT2D eigenvalue weighted by molar-refractivity contribution is 7.14. The molecule has 26 heavy (non-hydrogen) atoms. The summed E-state index contributed by atoms with van der Waals surface area (Å²) in [5.74, 6) is 0.0139. The van der Waals surface area contributed by atoms with Gasteiger partial charge in [0.1, 0.15) is 0 Å². The van der Waals surface area contributed by atoms with E-state index < -0.39 is 0 Å². The third-order valence-corrected chi connectivity index (χ3v) is 7.30. The summed E-state index contributed by atoms with van der Waals surface area (Å²) in [6, 6.07) is 8.39. The number of carbonyl (C=O) groups excluding carboxylic acids is 2. The van der Waals surface area contributed by atoms with Gasteiger partial charge in [-0.15, -0.1) is 11.3 Å². The fourth-order valence-electron chi connectivity index (χ4n) is 5.74. The SMILES string of the molecule is O=C1[C@@H]2[C@H](C(=O)N1c1nccs1)[C@H]1c3ccccc3[C@H]2[C@@H]2C=CC=C[C@H]21. The van der Waals surface area contributed by atoms with Crippen molar-refractivity contribution in [2.24, 2.45) is 23.7 Å². The Kier molecular flexibility index (Phi) is 2.82. The van der Waals surface area contributed by atoms with Crippen LogP contribution in [0.15, 0.2) is 60.1 Å². The van der Waals surface area contributed by atoms with Crippen molar-refractivity contribution in [1.29, 1.82) is 0 Å². The van der Waals surface area contributed by atoms with Gasteiger partial charge in [0, 0.05) is 23.4 Å². The first-order chi connectivity index (χ1) is 12.8. The minimum Gasteiger partial charge on any atom is -0.274 e. The lowest BCUT2D eigenvalue weighted by Gasteiger charge is -2.53. The highest BCUT2D eigenvalue weighted by atomic mass is 32.1. The lowest BCUT2D eigenvalue weighted by molar-refractivity contribution is -0.125. The van der Waals surface area contributed by atoms with Crippen molar-refractivity contribution in [3.8, 4) is 0 Å². The van der Waals surface area contributed by atoms with E-state index in [1.807, 2.05) is 17.5 Å². The maximum Gasteiger partial charge on any atom is 0.240 e. The molecule has 4 aliphatic carbocycles. The van der Waals surface area contributed by atoms with Crippen LogP contribution in [0.1, 0.15) is 23.0 Å². The largest absolute Gasteiger partial charge is 0.274 e. The molecule has 5 heteroatoms. The molecule has 1 saturated carbocycles. The van der Waals surface area contributed by atoms with Gasteiger partial charge < -0.3 is 0 Å². The van der Waals surface area contributed by atoms with E-state index in [9.17, 15) is 9.59 Å². The molecular weight excluding hydrogens is 344 g/mol. The fourth-order valence-corrected chi connectivity index (χ4v) is 6.39. The average Bonchev–Trinajstić information content (AvgIpc) is 3.29. The van der Waals surface area contributed by atoms with Crippen molar-refractivity contribution in [2.45, 2.75) is 11.8 Å². The van der Waals surface area contributed by atoms with E-state index in [1.165, 1.54) is 27.4 Å². The molecule has 2 bridgehead atoms. The Labute approximate surface area is 154 Å². The molecule has 0 N–H and O–H groups in total. The number of anilines is 1. The molecule has 6 atom stereocenters. The van der Waals surface area contributed by atoms with Crippen LogP contribution in [0.2, 0.25) is 0 Å². The number of hydrogen-bond donors (Lipinski definition) is 0. The van der Waals surface area contributed by atoms with E-state index in [-0.39, 0.29) is 47.3 Å². The Morgan fingerprint density at radius 3 is 1.92 bits per heavy atom. The fraction of sp³-hybridized carbons (Fsp3) is 0.286. The molecule has 0 radical (unpaired) electrons. The maximum absolute atomic E-state index is 13.4. The Balaban J connectivity index is 1.57. The van der Waals surface area contributed by atoms with Gasteiger partial charge in [-0.25, -0.2) is 9.88 Å². The summed E-state index contributed by atoms with van der Waals surface area (Å²) >= 11 is 1.35. The number of hydrogen-bond acceptors (Lipinski definition) is 4. The van der Waals surface area contributed by atoms with E-state index in [4.69, 9.17) is 0 Å². The molecule has 2 aromatic rings. The summed E-state index contributed by atoms with van der Waals surface area (Å²) in [6.45, 7) is 0. The molecule has 2 amide bonds. The molecule has 1 aromatic carbocycles. The predicted octanol–water partition coefficient (Wildman–Crippen LogP) is 3.50. The first-order valence-corrected chi connectivity index (χ1v) is 9.86. The molecule has 1 aromatic heterocycles. The minimum atomic E-state index is -0.274. The van der Waals surface area contributed by atoms with Crippen LogP contribution in [-0.4, -0.2) is 16.8 Å². The smallest absolute Gasteiger partial charge is 0.240 e. The van der Waals surface area contributed by atoms with E-state index in [0.29, 0.717) is 5.13 Å². The third kappa shape index (κ3) is 1.62. The van der Waals surface area contributed by atoms with Crippen LogP contribution in [0.4, 0.5) is 5.13 Å². The number of nitrogens with zero attached hydrogens (tertiary/aromatic N) is 2. The van der Waals surface area contributed by atoms with Gasteiger partial charge >= 0.3 is 0 Å². The second kappa shape index (κ2) is 5.01. The van der Waals surface area contributed by atoms with Gasteiger partial charge in [0.15, 0.2) is 5.13 Å². The zero-order valence-electron chi connectivity index (χ0n) is 13.9. The zero-order chi connectivity index (χ0) is 17.4. The Bertz CT molecular complexity index is 930. The molecule has 1 aliphatic heterocycles. The normalized spacial score (nSPS) is 36.2.